The van der Waals surface area contributed by atoms with Crippen LogP contribution in [0.25, 0.3) is 0 Å². The van der Waals surface area contributed by atoms with Gasteiger partial charge in [0, 0.05) is 24.2 Å². The van der Waals surface area contributed by atoms with Gasteiger partial charge in [0.15, 0.2) is 0 Å². The van der Waals surface area contributed by atoms with E-state index in [0.717, 1.165) is 48.3 Å². The maximum Gasteiger partial charge on any atom is 0.337 e. The van der Waals surface area contributed by atoms with Crippen LogP contribution in [0.15, 0.2) is 36.4 Å². The molecule has 0 aliphatic rings. The van der Waals surface area contributed by atoms with Gasteiger partial charge in [-0.05, 0) is 41.2 Å². The summed E-state index contributed by atoms with van der Waals surface area (Å²) < 4.78 is 15.8. The highest BCUT2D eigenvalue weighted by Crippen LogP contribution is 2.34. The molecule has 2 rings (SSSR count). The topological polar surface area (TPSA) is 85.9 Å². The molecule has 2 amide bonds. The van der Waals surface area contributed by atoms with Gasteiger partial charge in [-0.1, -0.05) is 59.1 Å². The average Bonchev–Trinajstić information content (AvgIpc) is 2.84. The molecule has 0 radical (unpaired) electrons. The van der Waals surface area contributed by atoms with Gasteiger partial charge < -0.3 is 24.8 Å². The second kappa shape index (κ2) is 13.0. The fourth-order valence-electron chi connectivity index (χ4n) is 4.09. The average molecular weight is 485 g/mol. The lowest BCUT2D eigenvalue weighted by molar-refractivity contribution is 0.0600. The monoisotopic (exact) mass is 484 g/mol. The molecule has 2 N–H and O–H groups in total. The number of anilines is 1. The van der Waals surface area contributed by atoms with Crippen molar-refractivity contribution in [3.63, 3.8) is 0 Å². The van der Waals surface area contributed by atoms with Crippen LogP contribution >= 0.6 is 0 Å². The van der Waals surface area contributed by atoms with Gasteiger partial charge in [0.25, 0.3) is 0 Å². The maximum absolute atomic E-state index is 13.0. The zero-order chi connectivity index (χ0) is 26.0. The van der Waals surface area contributed by atoms with E-state index in [4.69, 9.17) is 14.2 Å². The van der Waals surface area contributed by atoms with Crippen molar-refractivity contribution >= 4 is 17.7 Å². The Kier molecular flexibility index (Phi) is 10.4. The number of rotatable bonds is 11. The molecule has 0 saturated carbocycles. The van der Waals surface area contributed by atoms with Gasteiger partial charge in [-0.2, -0.15) is 0 Å². The minimum atomic E-state index is -0.448. The third-order valence-corrected chi connectivity index (χ3v) is 6.04. The van der Waals surface area contributed by atoms with Crippen molar-refractivity contribution in [2.24, 2.45) is 0 Å². The van der Waals surface area contributed by atoms with E-state index in [0.29, 0.717) is 17.8 Å². The highest BCUT2D eigenvalue weighted by Gasteiger charge is 2.22. The zero-order valence-electron chi connectivity index (χ0n) is 22.1. The van der Waals surface area contributed by atoms with Crippen LogP contribution in [0.4, 0.5) is 10.5 Å². The van der Waals surface area contributed by atoms with Crippen LogP contribution in [0.1, 0.15) is 80.8 Å². The molecule has 0 heterocycles. The lowest BCUT2D eigenvalue weighted by atomic mass is 9.85. The maximum atomic E-state index is 13.0. The van der Waals surface area contributed by atoms with Crippen LogP contribution in [0.3, 0.4) is 0 Å². The third kappa shape index (κ3) is 7.91. The minimum Gasteiger partial charge on any atom is -0.497 e. The summed E-state index contributed by atoms with van der Waals surface area (Å²) in [5.74, 6) is 1.10. The number of amides is 2. The van der Waals surface area contributed by atoms with Crippen molar-refractivity contribution in [3.8, 4) is 11.5 Å². The second-order valence-electron chi connectivity index (χ2n) is 9.64. The number of esters is 1. The van der Waals surface area contributed by atoms with Gasteiger partial charge in [0.05, 0.1) is 26.9 Å². The molecule has 2 aromatic carbocycles. The van der Waals surface area contributed by atoms with E-state index < -0.39 is 5.97 Å². The first-order chi connectivity index (χ1) is 16.6. The van der Waals surface area contributed by atoms with Crippen LogP contribution < -0.4 is 20.1 Å². The van der Waals surface area contributed by atoms with Crippen molar-refractivity contribution < 1.29 is 23.8 Å². The number of nitrogens with one attached hydrogen (secondary N) is 2. The van der Waals surface area contributed by atoms with E-state index in [9.17, 15) is 9.59 Å². The number of benzene rings is 2. The van der Waals surface area contributed by atoms with Gasteiger partial charge in [-0.15, -0.1) is 0 Å². The van der Waals surface area contributed by atoms with E-state index in [2.05, 4.69) is 38.3 Å². The quantitative estimate of drug-likeness (QED) is 0.290. The molecule has 0 spiro atoms. The molecule has 2 aromatic rings. The van der Waals surface area contributed by atoms with Crippen molar-refractivity contribution in [1.29, 1.82) is 0 Å². The van der Waals surface area contributed by atoms with Crippen LogP contribution in [-0.2, 0) is 10.2 Å². The first-order valence-electron chi connectivity index (χ1n) is 12.1. The smallest absolute Gasteiger partial charge is 0.337 e. The minimum absolute atomic E-state index is 0.0802. The Bertz CT molecular complexity index is 997. The van der Waals surface area contributed by atoms with Crippen molar-refractivity contribution in [2.75, 3.05) is 33.2 Å². The Labute approximate surface area is 209 Å². The summed E-state index contributed by atoms with van der Waals surface area (Å²) in [5.41, 5.74) is 2.71. The van der Waals surface area contributed by atoms with Crippen molar-refractivity contribution in [1.82, 2.24) is 5.32 Å². The van der Waals surface area contributed by atoms with E-state index in [-0.39, 0.29) is 17.4 Å². The molecule has 35 heavy (non-hydrogen) atoms. The highest BCUT2D eigenvalue weighted by atomic mass is 16.5. The number of ether oxygens (including phenoxy) is 3. The fourth-order valence-corrected chi connectivity index (χ4v) is 4.09. The zero-order valence-corrected chi connectivity index (χ0v) is 22.1. The van der Waals surface area contributed by atoms with Crippen LogP contribution in [0.2, 0.25) is 0 Å². The Morgan fingerprint density at radius 2 is 1.71 bits per heavy atom. The summed E-state index contributed by atoms with van der Waals surface area (Å²) in [4.78, 5) is 25.0. The number of unbranched alkanes of at least 4 members (excludes halogenated alkanes) is 2. The summed E-state index contributed by atoms with van der Waals surface area (Å²) in [6.45, 7) is 8.79. The van der Waals surface area contributed by atoms with Gasteiger partial charge in [-0.25, -0.2) is 9.59 Å². The van der Waals surface area contributed by atoms with E-state index >= 15 is 0 Å². The third-order valence-electron chi connectivity index (χ3n) is 6.04. The number of hydrogen-bond donors (Lipinski definition) is 2. The predicted octanol–water partition coefficient (Wildman–Crippen LogP) is 6.27. The van der Waals surface area contributed by atoms with Gasteiger partial charge in [-0.3, -0.25) is 0 Å². The number of carbonyl (C=O) groups excluding carboxylic acids is 2. The Hall–Kier alpha value is -3.22. The summed E-state index contributed by atoms with van der Waals surface area (Å²) in [6, 6.07) is 10.7. The van der Waals surface area contributed by atoms with Crippen LogP contribution in [-0.4, -0.2) is 39.9 Å². The first kappa shape index (κ1) is 28.0. The number of urea groups is 1. The van der Waals surface area contributed by atoms with Crippen molar-refractivity contribution in [2.45, 2.75) is 64.7 Å². The lowest BCUT2D eigenvalue weighted by Crippen LogP contribution is -2.33. The largest absolute Gasteiger partial charge is 0.497 e. The van der Waals surface area contributed by atoms with E-state index in [1.807, 2.05) is 24.3 Å². The molecule has 0 aliphatic heterocycles. The Morgan fingerprint density at radius 1 is 0.971 bits per heavy atom. The standard InChI is InChI=1S/C28H40N2O5/c1-8-9-10-11-20(22-14-13-21(33-5)17-25(22)34-6)18-29-27(32)30-24-16-19(26(31)35-7)12-15-23(24)28(2,3)4/h12-17,20H,8-11,18H2,1-7H3,(H2,29,30,32). The molecule has 192 valence electrons. The number of hydrogen-bond acceptors (Lipinski definition) is 5. The Morgan fingerprint density at radius 3 is 2.31 bits per heavy atom. The van der Waals surface area contributed by atoms with Gasteiger partial charge >= 0.3 is 12.0 Å². The van der Waals surface area contributed by atoms with Crippen LogP contribution in [0.5, 0.6) is 11.5 Å². The predicted molar refractivity (Wildman–Crippen MR) is 140 cm³/mol. The molecular weight excluding hydrogens is 444 g/mol. The normalized spacial score (nSPS) is 12.0. The summed E-state index contributed by atoms with van der Waals surface area (Å²) in [5, 5.41) is 5.97. The first-order valence-corrected chi connectivity index (χ1v) is 12.1. The van der Waals surface area contributed by atoms with Gasteiger partial charge in [0.1, 0.15) is 11.5 Å². The molecule has 0 aromatic heterocycles. The molecule has 0 aliphatic carbocycles. The van der Waals surface area contributed by atoms with Crippen molar-refractivity contribution in [3.05, 3.63) is 53.1 Å². The lowest BCUT2D eigenvalue weighted by Gasteiger charge is -2.24. The summed E-state index contributed by atoms with van der Waals surface area (Å²) in [7, 11) is 4.61. The summed E-state index contributed by atoms with van der Waals surface area (Å²) in [6.07, 6.45) is 4.21. The fraction of sp³-hybridized carbons (Fsp3) is 0.500. The highest BCUT2D eigenvalue weighted by molar-refractivity contribution is 5.95. The molecular formula is C28H40N2O5. The Balaban J connectivity index is 2.23. The summed E-state index contributed by atoms with van der Waals surface area (Å²) >= 11 is 0. The molecule has 1 atom stereocenters. The second-order valence-corrected chi connectivity index (χ2v) is 9.64. The number of methoxy groups -OCH3 is 3. The van der Waals surface area contributed by atoms with E-state index in [1.54, 1.807) is 26.4 Å². The van der Waals surface area contributed by atoms with Crippen LogP contribution in [0, 0.1) is 0 Å². The van der Waals surface area contributed by atoms with E-state index in [1.165, 1.54) is 7.11 Å². The molecule has 0 saturated heterocycles. The molecule has 0 bridgehead atoms. The molecule has 0 fully saturated rings. The van der Waals surface area contributed by atoms with Gasteiger partial charge in [0.2, 0.25) is 0 Å². The molecule has 1 unspecified atom stereocenters. The molecule has 7 heteroatoms. The number of carbonyl (C=O) groups is 2. The molecule has 7 nitrogen and oxygen atoms in total. The SMILES string of the molecule is CCCCCC(CNC(=O)Nc1cc(C(=O)OC)ccc1C(C)(C)C)c1ccc(OC)cc1OC.